The summed E-state index contributed by atoms with van der Waals surface area (Å²) >= 11 is 0. The van der Waals surface area contributed by atoms with Crippen LogP contribution in [0.2, 0.25) is 0 Å². The summed E-state index contributed by atoms with van der Waals surface area (Å²) in [5.41, 5.74) is 4.83. The van der Waals surface area contributed by atoms with Gasteiger partial charge in [0.15, 0.2) is 13.2 Å². The van der Waals surface area contributed by atoms with Gasteiger partial charge >= 0.3 is 67.3 Å². The van der Waals surface area contributed by atoms with Crippen LogP contribution in [0.25, 0.3) is 0 Å². The van der Waals surface area contributed by atoms with Crippen molar-refractivity contribution < 1.29 is 148 Å². The molecule has 0 saturated carbocycles. The molecule has 0 fully saturated rings. The van der Waals surface area contributed by atoms with E-state index in [1.165, 1.54) is 12.2 Å². The first-order chi connectivity index (χ1) is 52.1. The van der Waals surface area contributed by atoms with Crippen molar-refractivity contribution in [3.8, 4) is 52.8 Å². The molecule has 8 rings (SSSR count). The van der Waals surface area contributed by atoms with Crippen molar-refractivity contribution in [2.75, 3.05) is 83.7 Å². The van der Waals surface area contributed by atoms with Crippen LogP contribution in [-0.4, -0.2) is 213 Å². The molecule has 0 atom stereocenters. The zero-order chi connectivity index (χ0) is 78.3. The third-order valence-electron chi connectivity index (χ3n) is 15.7. The number of benzene rings is 3. The average Bonchev–Trinajstić information content (AvgIpc) is 0.988. The molecule has 0 aliphatic carbocycles. The number of hydrogen-bond donors (Lipinski definition) is 7. The number of fused-ring (bicyclic) bond motifs is 6. The second-order valence-electron chi connectivity index (χ2n) is 24.9. The number of aliphatic carboxylic acids is 3. The number of pyridine rings is 3. The number of imide groups is 1. The van der Waals surface area contributed by atoms with Crippen molar-refractivity contribution in [1.29, 1.82) is 0 Å². The number of nitrogens with zero attached hydrogens (tertiary/aromatic N) is 7. The molecule has 576 valence electrons. The van der Waals surface area contributed by atoms with Crippen molar-refractivity contribution >= 4 is 73.6 Å². The molecule has 0 spiro atoms. The maximum absolute atomic E-state index is 12.7. The molecule has 0 saturated heterocycles. The SMILES string of the molecule is O=C(O)CN1Cc2cc(C#Cc3ccc(OCCCNC(=O)CCCCCNC(=O)CCN4C(=O)C=CC4=O)cc3)cc(n2)CN(CC(=O)O)Cc2cc(C#Cc3ccc(OCC(=O)NCCS(=O)(=O)[O-])cc3)cc(n2)CN(CC(=O)O)Cc2cc(C#Cc3ccc(OCC(=O)NCCS(=O)(=O)[O-])cc3)cc(n2)C1.[Eu+3]. The molecular weight excluding hydrogens is 1610 g/mol. The number of carbonyl (C=O) groups is 9. The van der Waals surface area contributed by atoms with Crippen LogP contribution in [-0.2, 0) is 103 Å². The van der Waals surface area contributed by atoms with Gasteiger partial charge in [-0.25, -0.2) is 16.8 Å². The van der Waals surface area contributed by atoms with Crippen molar-refractivity contribution in [2.24, 2.45) is 0 Å². The number of carboxylic acids is 3. The summed E-state index contributed by atoms with van der Waals surface area (Å²) in [6.45, 7) is -2.87. The summed E-state index contributed by atoms with van der Waals surface area (Å²) in [7, 11) is -9.08. The smallest absolute Gasteiger partial charge is 0.748 e. The average molecular weight is 1680 g/mol. The minimum Gasteiger partial charge on any atom is -0.748 e. The first-order valence-corrected chi connectivity index (χ1v) is 37.3. The van der Waals surface area contributed by atoms with E-state index in [0.29, 0.717) is 125 Å². The van der Waals surface area contributed by atoms with Crippen LogP contribution in [0, 0.1) is 84.9 Å². The van der Waals surface area contributed by atoms with Gasteiger partial charge in [-0.15, -0.1) is 0 Å². The minimum atomic E-state index is -4.54. The number of rotatable bonds is 32. The molecule has 6 bridgehead atoms. The molecule has 3 aromatic carbocycles. The fraction of sp³-hybridized carbons (Fsp3) is 0.333. The van der Waals surface area contributed by atoms with E-state index in [4.69, 9.17) is 29.2 Å². The van der Waals surface area contributed by atoms with Crippen LogP contribution < -0.4 is 35.5 Å². The van der Waals surface area contributed by atoms with Gasteiger partial charge in [0.25, 0.3) is 23.6 Å². The Morgan fingerprint density at radius 3 is 1.05 bits per heavy atom. The molecule has 110 heavy (non-hydrogen) atoms. The number of amides is 6. The third-order valence-corrected chi connectivity index (χ3v) is 17.1. The van der Waals surface area contributed by atoms with Crippen molar-refractivity contribution in [1.82, 2.24) is 55.8 Å². The van der Waals surface area contributed by atoms with Gasteiger partial charge in [-0.1, -0.05) is 41.9 Å². The zero-order valence-electron chi connectivity index (χ0n) is 59.2. The van der Waals surface area contributed by atoms with E-state index in [2.05, 4.69) is 56.8 Å². The van der Waals surface area contributed by atoms with Crippen LogP contribution in [0.1, 0.15) is 106 Å². The molecule has 2 aliphatic heterocycles. The molecule has 35 heteroatoms. The molecule has 0 radical (unpaired) electrons. The molecule has 6 aromatic rings. The zero-order valence-corrected chi connectivity index (χ0v) is 63.3. The van der Waals surface area contributed by atoms with E-state index in [1.807, 2.05) is 0 Å². The Morgan fingerprint density at radius 1 is 0.409 bits per heavy atom. The second-order valence-corrected chi connectivity index (χ2v) is 27.9. The molecule has 5 heterocycles. The number of hydrogen-bond acceptors (Lipinski definition) is 24. The Bertz CT molecular complexity index is 4560. The molecular formula is C75H77EuN11O21S2+. The molecule has 32 nitrogen and oxygen atoms in total. The molecule has 7 N–H and O–H groups in total. The number of carboxylic acid groups (broad SMARTS) is 3. The molecule has 3 aromatic heterocycles. The number of carbonyl (C=O) groups excluding carboxylic acids is 6. The Labute approximate surface area is 675 Å². The molecule has 0 unspecified atom stereocenters. The summed E-state index contributed by atoms with van der Waals surface area (Å²) in [5.74, 6) is 12.1. The Morgan fingerprint density at radius 2 is 0.718 bits per heavy atom. The van der Waals surface area contributed by atoms with E-state index < -0.39 is 106 Å². The van der Waals surface area contributed by atoms with Crippen LogP contribution >= 0.6 is 0 Å². The predicted molar refractivity (Wildman–Crippen MR) is 386 cm³/mol. The maximum Gasteiger partial charge on any atom is 3.00 e. The third kappa shape index (κ3) is 33.2. The first kappa shape index (κ1) is 86.9. The summed E-state index contributed by atoms with van der Waals surface area (Å²) < 4.78 is 82.6. The summed E-state index contributed by atoms with van der Waals surface area (Å²) in [4.78, 5) is 131. The van der Waals surface area contributed by atoms with Crippen LogP contribution in [0.5, 0.6) is 17.2 Å². The first-order valence-electron chi connectivity index (χ1n) is 34.1. The summed E-state index contributed by atoms with van der Waals surface area (Å²) in [6.07, 6.45) is 5.11. The largest absolute Gasteiger partial charge is 3.00 e. The van der Waals surface area contributed by atoms with Crippen LogP contribution in [0.4, 0.5) is 0 Å². The fourth-order valence-corrected chi connectivity index (χ4v) is 11.5. The van der Waals surface area contributed by atoms with Gasteiger partial charge in [-0.2, -0.15) is 0 Å². The quantitative estimate of drug-likeness (QED) is 0.0136. The van der Waals surface area contributed by atoms with Crippen LogP contribution in [0.3, 0.4) is 0 Å². The fourth-order valence-electron chi connectivity index (χ4n) is 10.8. The Hall–Kier alpha value is -10.4. The van der Waals surface area contributed by atoms with E-state index in [0.717, 1.165) is 4.90 Å². The summed E-state index contributed by atoms with van der Waals surface area (Å²) in [6, 6.07) is 29.6. The van der Waals surface area contributed by atoms with Crippen molar-refractivity contribution in [3.05, 3.63) is 189 Å². The van der Waals surface area contributed by atoms with Crippen molar-refractivity contribution in [2.45, 2.75) is 77.8 Å². The number of nitrogens with one attached hydrogen (secondary N) is 4. The summed E-state index contributed by atoms with van der Waals surface area (Å²) in [5, 5.41) is 41.3. The monoisotopic (exact) mass is 1680 g/mol. The topological polar surface area (TPSA) is 456 Å². The maximum atomic E-state index is 12.7. The Kier molecular flexibility index (Phi) is 34.5. The van der Waals surface area contributed by atoms with Crippen LogP contribution in [0.15, 0.2) is 121 Å². The van der Waals surface area contributed by atoms with Gasteiger partial charge in [0.2, 0.25) is 11.8 Å². The number of unbranched alkanes of at least 4 members (excludes halogenated alkanes) is 2. The van der Waals surface area contributed by atoms with Gasteiger partial charge in [0.05, 0.1) is 92.1 Å². The minimum absolute atomic E-state index is 0. The van der Waals surface area contributed by atoms with Gasteiger partial charge < -0.3 is 59.9 Å². The van der Waals surface area contributed by atoms with Gasteiger partial charge in [0.1, 0.15) is 17.2 Å². The van der Waals surface area contributed by atoms with Gasteiger partial charge in [-0.3, -0.25) is 77.7 Å². The second kappa shape index (κ2) is 43.7. The normalized spacial score (nSPS) is 13.2. The van der Waals surface area contributed by atoms with Crippen molar-refractivity contribution in [3.63, 3.8) is 0 Å². The van der Waals surface area contributed by atoms with Gasteiger partial charge in [0, 0.05) is 130 Å². The van der Waals surface area contributed by atoms with E-state index in [1.54, 1.807) is 124 Å². The standard InChI is InChI=1S/C75H79N11O21S2.Eu/c87-67(5-2-1-3-27-76-68(88)26-31-86-71(91)24-25-72(86)92)77-28-4-32-105-64-18-12-52(13-19-64)6-9-55-35-58-41-83(47-73(93)94)43-60-37-56(10-7-53-14-20-65(21-15-53)106-50-69(89)78-29-33-108(99,100)101)39-62(81-60)45-85(49-75(97)98)46-63-40-57(38-61(82-63)44-84(48-74(95)96)42-59(36-55)80-58)11-8-54-16-22-66(23-17-54)107-51-70(90)79-30-34-109(102,103)104;/h12-25,35-40H,1-5,26-34,41-51H2,(H,76,88)(H,77,87)(H,78,89)(H,79,90)(H,93,94)(H,95,96)(H,97,98)(H,99,100,101)(H,102,103,104);/q;+3/p-2. The molecule has 2 aliphatic rings. The number of ether oxygens (including phenoxy) is 3. The van der Waals surface area contributed by atoms with E-state index >= 15 is 0 Å². The molecule has 6 amide bonds. The van der Waals surface area contributed by atoms with E-state index in [-0.39, 0.29) is 138 Å². The predicted octanol–water partition coefficient (Wildman–Crippen LogP) is 1.60. The van der Waals surface area contributed by atoms with E-state index in [9.17, 15) is 84.4 Å². The van der Waals surface area contributed by atoms with Gasteiger partial charge in [-0.05, 0) is 128 Å². The number of aromatic nitrogens is 3. The Balaban J connectivity index is 0.0000168.